The van der Waals surface area contributed by atoms with Crippen molar-refractivity contribution in [1.29, 1.82) is 0 Å². The third-order valence-electron chi connectivity index (χ3n) is 3.29. The van der Waals surface area contributed by atoms with Crippen LogP contribution >= 0.6 is 0 Å². The van der Waals surface area contributed by atoms with Crippen molar-refractivity contribution in [3.8, 4) is 0 Å². The first-order valence-electron chi connectivity index (χ1n) is 5.94. The molecule has 2 rings (SSSR count). The van der Waals surface area contributed by atoms with Gasteiger partial charge in [0.25, 0.3) is 6.43 Å². The first kappa shape index (κ1) is 12.4. The molecular weight excluding hydrogens is 227 g/mol. The lowest BCUT2D eigenvalue weighted by molar-refractivity contribution is 0.151. The molecule has 4 heteroatoms. The van der Waals surface area contributed by atoms with E-state index in [0.29, 0.717) is 17.9 Å². The van der Waals surface area contributed by atoms with Crippen LogP contribution in [0, 0.1) is 11.7 Å². The Hall–Kier alpha value is -1.03. The van der Waals surface area contributed by atoms with Gasteiger partial charge in [-0.05, 0) is 56.0 Å². The van der Waals surface area contributed by atoms with E-state index in [2.05, 4.69) is 5.32 Å². The van der Waals surface area contributed by atoms with Gasteiger partial charge in [-0.2, -0.15) is 0 Å². The Kier molecular flexibility index (Phi) is 4.05. The van der Waals surface area contributed by atoms with Gasteiger partial charge in [0.15, 0.2) is 0 Å². The minimum absolute atomic E-state index is 0.0877. The minimum atomic E-state index is -2.53. The molecule has 0 bridgehead atoms. The van der Waals surface area contributed by atoms with Crippen LogP contribution in [0.1, 0.15) is 30.4 Å². The summed E-state index contributed by atoms with van der Waals surface area (Å²) in [6.45, 7) is 1.86. The molecule has 0 radical (unpaired) electrons. The molecule has 0 unspecified atom stereocenters. The summed E-state index contributed by atoms with van der Waals surface area (Å²) < 4.78 is 38.6. The molecule has 1 N–H and O–H groups in total. The topological polar surface area (TPSA) is 12.0 Å². The van der Waals surface area contributed by atoms with Crippen LogP contribution in [-0.4, -0.2) is 13.1 Å². The van der Waals surface area contributed by atoms with Gasteiger partial charge in [0, 0.05) is 5.56 Å². The Balaban J connectivity index is 2.10. The highest BCUT2D eigenvalue weighted by molar-refractivity contribution is 5.26. The lowest BCUT2D eigenvalue weighted by atomic mass is 9.90. The van der Waals surface area contributed by atoms with E-state index >= 15 is 0 Å². The molecule has 1 heterocycles. The van der Waals surface area contributed by atoms with Crippen LogP contribution in [0.5, 0.6) is 0 Å². The fourth-order valence-electron chi connectivity index (χ4n) is 2.28. The first-order chi connectivity index (χ1) is 8.16. The van der Waals surface area contributed by atoms with E-state index < -0.39 is 6.43 Å². The van der Waals surface area contributed by atoms with Crippen LogP contribution in [0.2, 0.25) is 0 Å². The Morgan fingerprint density at radius 1 is 1.24 bits per heavy atom. The molecular formula is C13H16F3N. The van der Waals surface area contributed by atoms with Gasteiger partial charge in [-0.1, -0.05) is 6.07 Å². The summed E-state index contributed by atoms with van der Waals surface area (Å²) >= 11 is 0. The van der Waals surface area contributed by atoms with E-state index in [0.717, 1.165) is 38.1 Å². The molecule has 17 heavy (non-hydrogen) atoms. The predicted octanol–water partition coefficient (Wildman–Crippen LogP) is 3.31. The SMILES string of the molecule is Fc1ccc(C(F)F)cc1CC1CCNCC1. The number of rotatable bonds is 3. The van der Waals surface area contributed by atoms with Crippen molar-refractivity contribution in [2.45, 2.75) is 25.7 Å². The Labute approximate surface area is 99.0 Å². The molecule has 1 nitrogen and oxygen atoms in total. The summed E-state index contributed by atoms with van der Waals surface area (Å²) in [4.78, 5) is 0. The van der Waals surface area contributed by atoms with E-state index in [9.17, 15) is 13.2 Å². The molecule has 0 aliphatic carbocycles. The molecule has 1 fully saturated rings. The smallest absolute Gasteiger partial charge is 0.263 e. The summed E-state index contributed by atoms with van der Waals surface area (Å²) in [5.74, 6) is 0.0339. The number of hydrogen-bond donors (Lipinski definition) is 1. The predicted molar refractivity (Wildman–Crippen MR) is 60.7 cm³/mol. The largest absolute Gasteiger partial charge is 0.317 e. The standard InChI is InChI=1S/C13H16F3N/c14-12-2-1-10(13(15)16)8-11(12)7-9-3-5-17-6-4-9/h1-2,8-9,13,17H,3-7H2. The van der Waals surface area contributed by atoms with Gasteiger partial charge in [-0.3, -0.25) is 0 Å². The number of benzene rings is 1. The minimum Gasteiger partial charge on any atom is -0.317 e. The van der Waals surface area contributed by atoms with Crippen molar-refractivity contribution in [2.24, 2.45) is 5.92 Å². The maximum Gasteiger partial charge on any atom is 0.263 e. The zero-order valence-corrected chi connectivity index (χ0v) is 9.56. The van der Waals surface area contributed by atoms with Gasteiger partial charge in [0.2, 0.25) is 0 Å². The molecule has 1 aromatic carbocycles. The monoisotopic (exact) mass is 243 g/mol. The maximum absolute atomic E-state index is 13.5. The van der Waals surface area contributed by atoms with Gasteiger partial charge < -0.3 is 5.32 Å². The molecule has 0 aromatic heterocycles. The first-order valence-corrected chi connectivity index (χ1v) is 5.94. The highest BCUT2D eigenvalue weighted by Crippen LogP contribution is 2.25. The molecule has 1 aromatic rings. The third-order valence-corrected chi connectivity index (χ3v) is 3.29. The van der Waals surface area contributed by atoms with Crippen LogP contribution < -0.4 is 5.32 Å². The van der Waals surface area contributed by atoms with Gasteiger partial charge in [-0.15, -0.1) is 0 Å². The third kappa shape index (κ3) is 3.22. The zero-order chi connectivity index (χ0) is 12.3. The molecule has 1 aliphatic heterocycles. The molecule has 0 amide bonds. The molecule has 0 spiro atoms. The fraction of sp³-hybridized carbons (Fsp3) is 0.538. The second-order valence-electron chi connectivity index (χ2n) is 4.55. The lowest BCUT2D eigenvalue weighted by Gasteiger charge is -2.22. The van der Waals surface area contributed by atoms with E-state index in [1.807, 2.05) is 0 Å². The molecule has 1 aliphatic rings. The number of nitrogens with one attached hydrogen (secondary N) is 1. The average molecular weight is 243 g/mol. The number of hydrogen-bond acceptors (Lipinski definition) is 1. The summed E-state index contributed by atoms with van der Waals surface area (Å²) in [5.41, 5.74) is 0.338. The van der Waals surface area contributed by atoms with Crippen molar-refractivity contribution >= 4 is 0 Å². The fourth-order valence-corrected chi connectivity index (χ4v) is 2.28. The van der Waals surface area contributed by atoms with Crippen LogP contribution in [0.25, 0.3) is 0 Å². The normalized spacial score (nSPS) is 17.6. The van der Waals surface area contributed by atoms with Gasteiger partial charge in [0.1, 0.15) is 5.82 Å². The Morgan fingerprint density at radius 2 is 1.94 bits per heavy atom. The van der Waals surface area contributed by atoms with Crippen LogP contribution in [0.4, 0.5) is 13.2 Å². The van der Waals surface area contributed by atoms with Crippen molar-refractivity contribution < 1.29 is 13.2 Å². The second-order valence-corrected chi connectivity index (χ2v) is 4.55. The molecule has 0 saturated carbocycles. The van der Waals surface area contributed by atoms with E-state index in [4.69, 9.17) is 0 Å². The van der Waals surface area contributed by atoms with E-state index in [1.165, 1.54) is 6.07 Å². The maximum atomic E-state index is 13.5. The van der Waals surface area contributed by atoms with Gasteiger partial charge in [0.05, 0.1) is 0 Å². The van der Waals surface area contributed by atoms with Crippen molar-refractivity contribution in [3.05, 3.63) is 35.1 Å². The highest BCUT2D eigenvalue weighted by Gasteiger charge is 2.17. The Bertz CT molecular complexity index is 373. The van der Waals surface area contributed by atoms with Gasteiger partial charge in [-0.25, -0.2) is 13.2 Å². The molecule has 0 atom stereocenters. The highest BCUT2D eigenvalue weighted by atomic mass is 19.3. The summed E-state index contributed by atoms with van der Waals surface area (Å²) in [6, 6.07) is 3.62. The summed E-state index contributed by atoms with van der Waals surface area (Å²) in [6.07, 6.45) is 0.00692. The number of halogens is 3. The number of alkyl halides is 2. The van der Waals surface area contributed by atoms with E-state index in [-0.39, 0.29) is 11.4 Å². The van der Waals surface area contributed by atoms with Crippen LogP contribution in [0.15, 0.2) is 18.2 Å². The zero-order valence-electron chi connectivity index (χ0n) is 9.56. The van der Waals surface area contributed by atoms with Crippen LogP contribution in [-0.2, 0) is 6.42 Å². The summed E-state index contributed by atoms with van der Waals surface area (Å²) in [5, 5.41) is 3.23. The van der Waals surface area contributed by atoms with Crippen molar-refractivity contribution in [3.63, 3.8) is 0 Å². The average Bonchev–Trinajstić information content (AvgIpc) is 2.33. The lowest BCUT2D eigenvalue weighted by Crippen LogP contribution is -2.28. The molecule has 1 saturated heterocycles. The van der Waals surface area contributed by atoms with Crippen molar-refractivity contribution in [2.75, 3.05) is 13.1 Å². The molecule has 94 valence electrons. The summed E-state index contributed by atoms with van der Waals surface area (Å²) in [7, 11) is 0. The Morgan fingerprint density at radius 3 is 2.59 bits per heavy atom. The van der Waals surface area contributed by atoms with Gasteiger partial charge >= 0.3 is 0 Å². The van der Waals surface area contributed by atoms with Crippen LogP contribution in [0.3, 0.4) is 0 Å². The quantitative estimate of drug-likeness (QED) is 0.858. The number of piperidine rings is 1. The van der Waals surface area contributed by atoms with Crippen molar-refractivity contribution in [1.82, 2.24) is 5.32 Å². The second kappa shape index (κ2) is 5.54. The van der Waals surface area contributed by atoms with E-state index in [1.54, 1.807) is 0 Å².